The Kier molecular flexibility index (Phi) is 2.29. The van der Waals surface area contributed by atoms with E-state index >= 15 is 0 Å². The maximum atomic E-state index is 12.4. The maximum absolute atomic E-state index is 12.4. The Morgan fingerprint density at radius 1 is 1.28 bits per heavy atom. The number of para-hydroxylation sites is 2. The summed E-state index contributed by atoms with van der Waals surface area (Å²) in [7, 11) is 1.53. The second-order valence-corrected chi connectivity index (χ2v) is 4.75. The zero-order valence-electron chi connectivity index (χ0n) is 10.1. The normalized spacial score (nSPS) is 20.8. The third-order valence-electron chi connectivity index (χ3n) is 3.62. The monoisotopic (exact) mass is 246 g/mol. The summed E-state index contributed by atoms with van der Waals surface area (Å²) in [4.78, 5) is 25.5. The SMILES string of the molecule is COc1ccccc1N1C(=O)NCC2(CC2)C1=O. The summed E-state index contributed by atoms with van der Waals surface area (Å²) < 4.78 is 5.21. The molecule has 1 heterocycles. The van der Waals surface area contributed by atoms with Gasteiger partial charge in [-0.3, -0.25) is 4.79 Å². The molecule has 1 aliphatic carbocycles. The van der Waals surface area contributed by atoms with Crippen molar-refractivity contribution in [1.29, 1.82) is 0 Å². The standard InChI is InChI=1S/C13H14N2O3/c1-18-10-5-3-2-4-9(10)15-11(16)13(6-7-13)8-14-12(15)17/h2-5H,6-8H2,1H3,(H,14,17). The van der Waals surface area contributed by atoms with Crippen LogP contribution in [-0.2, 0) is 4.79 Å². The van der Waals surface area contributed by atoms with Gasteiger partial charge in [-0.1, -0.05) is 12.1 Å². The molecule has 1 spiro atoms. The van der Waals surface area contributed by atoms with Gasteiger partial charge in [-0.2, -0.15) is 0 Å². The van der Waals surface area contributed by atoms with Crippen molar-refractivity contribution in [1.82, 2.24) is 5.32 Å². The molecule has 1 N–H and O–H groups in total. The minimum Gasteiger partial charge on any atom is -0.495 e. The summed E-state index contributed by atoms with van der Waals surface area (Å²) >= 11 is 0. The summed E-state index contributed by atoms with van der Waals surface area (Å²) in [6.07, 6.45) is 1.69. The molecular formula is C13H14N2O3. The van der Waals surface area contributed by atoms with Gasteiger partial charge in [0.2, 0.25) is 5.91 Å². The molecule has 18 heavy (non-hydrogen) atoms. The van der Waals surface area contributed by atoms with Crippen molar-refractivity contribution < 1.29 is 14.3 Å². The fraction of sp³-hybridized carbons (Fsp3) is 0.385. The number of carbonyl (C=O) groups is 2. The average Bonchev–Trinajstić information content (AvgIpc) is 3.17. The first-order chi connectivity index (χ1) is 8.68. The molecule has 1 saturated carbocycles. The lowest BCUT2D eigenvalue weighted by molar-refractivity contribution is -0.123. The average molecular weight is 246 g/mol. The minimum atomic E-state index is -0.373. The van der Waals surface area contributed by atoms with Crippen LogP contribution in [0.2, 0.25) is 0 Å². The molecule has 0 unspecified atom stereocenters. The van der Waals surface area contributed by atoms with Crippen molar-refractivity contribution in [2.45, 2.75) is 12.8 Å². The quantitative estimate of drug-likeness (QED) is 0.861. The second-order valence-electron chi connectivity index (χ2n) is 4.75. The van der Waals surface area contributed by atoms with Crippen LogP contribution in [0.4, 0.5) is 10.5 Å². The van der Waals surface area contributed by atoms with Crippen LogP contribution in [0, 0.1) is 5.41 Å². The molecule has 2 fully saturated rings. The van der Waals surface area contributed by atoms with E-state index < -0.39 is 0 Å². The van der Waals surface area contributed by atoms with Crippen LogP contribution < -0.4 is 15.0 Å². The number of amides is 3. The number of ether oxygens (including phenoxy) is 1. The van der Waals surface area contributed by atoms with Crippen molar-refractivity contribution >= 4 is 17.6 Å². The molecule has 1 aromatic rings. The fourth-order valence-corrected chi connectivity index (χ4v) is 2.30. The van der Waals surface area contributed by atoms with Gasteiger partial charge in [0, 0.05) is 6.54 Å². The molecule has 1 aliphatic heterocycles. The highest BCUT2D eigenvalue weighted by Gasteiger charge is 2.56. The number of carbonyl (C=O) groups excluding carboxylic acids is 2. The van der Waals surface area contributed by atoms with Gasteiger partial charge >= 0.3 is 6.03 Å². The molecule has 0 radical (unpaired) electrons. The van der Waals surface area contributed by atoms with E-state index in [9.17, 15) is 9.59 Å². The number of rotatable bonds is 2. The Balaban J connectivity index is 2.03. The highest BCUT2D eigenvalue weighted by Crippen LogP contribution is 2.49. The second kappa shape index (κ2) is 3.73. The lowest BCUT2D eigenvalue weighted by Crippen LogP contribution is -2.56. The van der Waals surface area contributed by atoms with Crippen LogP contribution in [0.15, 0.2) is 24.3 Å². The Morgan fingerprint density at radius 3 is 2.67 bits per heavy atom. The predicted octanol–water partition coefficient (Wildman–Crippen LogP) is 1.53. The highest BCUT2D eigenvalue weighted by molar-refractivity contribution is 6.19. The van der Waals surface area contributed by atoms with Gasteiger partial charge in [0.15, 0.2) is 0 Å². The van der Waals surface area contributed by atoms with E-state index in [0.29, 0.717) is 18.0 Å². The molecule has 3 rings (SSSR count). The maximum Gasteiger partial charge on any atom is 0.328 e. The zero-order chi connectivity index (χ0) is 12.8. The highest BCUT2D eigenvalue weighted by atomic mass is 16.5. The van der Waals surface area contributed by atoms with E-state index in [-0.39, 0.29) is 17.4 Å². The summed E-state index contributed by atoms with van der Waals surface area (Å²) in [5.74, 6) is 0.412. The molecule has 1 saturated heterocycles. The summed E-state index contributed by atoms with van der Waals surface area (Å²) in [5.41, 5.74) is 0.142. The van der Waals surface area contributed by atoms with Crippen molar-refractivity contribution in [3.63, 3.8) is 0 Å². The van der Waals surface area contributed by atoms with Crippen LogP contribution in [0.3, 0.4) is 0 Å². The van der Waals surface area contributed by atoms with Crippen molar-refractivity contribution in [2.75, 3.05) is 18.6 Å². The Morgan fingerprint density at radius 2 is 2.00 bits per heavy atom. The summed E-state index contributed by atoms with van der Waals surface area (Å²) in [5, 5.41) is 2.78. The van der Waals surface area contributed by atoms with E-state index in [0.717, 1.165) is 12.8 Å². The molecule has 5 heteroatoms. The van der Waals surface area contributed by atoms with Crippen molar-refractivity contribution in [2.24, 2.45) is 5.41 Å². The number of anilines is 1. The lowest BCUT2D eigenvalue weighted by atomic mass is 10.0. The van der Waals surface area contributed by atoms with Crippen molar-refractivity contribution in [3.8, 4) is 5.75 Å². The first-order valence-corrected chi connectivity index (χ1v) is 5.93. The topological polar surface area (TPSA) is 58.6 Å². The van der Waals surface area contributed by atoms with E-state index in [4.69, 9.17) is 4.74 Å². The summed E-state index contributed by atoms with van der Waals surface area (Å²) in [6.45, 7) is 0.455. The number of methoxy groups -OCH3 is 1. The summed E-state index contributed by atoms with van der Waals surface area (Å²) in [6, 6.07) is 6.68. The van der Waals surface area contributed by atoms with Gasteiger partial charge in [-0.25, -0.2) is 9.69 Å². The number of nitrogens with one attached hydrogen (secondary N) is 1. The third kappa shape index (κ3) is 1.47. The van der Waals surface area contributed by atoms with Gasteiger partial charge in [0.1, 0.15) is 5.75 Å². The molecule has 94 valence electrons. The van der Waals surface area contributed by atoms with Crippen LogP contribution >= 0.6 is 0 Å². The number of benzene rings is 1. The minimum absolute atomic E-state index is 0.115. The molecule has 3 amide bonds. The number of hydrogen-bond acceptors (Lipinski definition) is 3. The lowest BCUT2D eigenvalue weighted by Gasteiger charge is -2.32. The molecular weight excluding hydrogens is 232 g/mol. The smallest absolute Gasteiger partial charge is 0.328 e. The van der Waals surface area contributed by atoms with E-state index in [2.05, 4.69) is 5.32 Å². The number of hydrogen-bond donors (Lipinski definition) is 1. The van der Waals surface area contributed by atoms with Crippen LogP contribution in [0.5, 0.6) is 5.75 Å². The Bertz CT molecular complexity index is 523. The van der Waals surface area contributed by atoms with Gasteiger partial charge in [-0.15, -0.1) is 0 Å². The first-order valence-electron chi connectivity index (χ1n) is 5.93. The van der Waals surface area contributed by atoms with Crippen molar-refractivity contribution in [3.05, 3.63) is 24.3 Å². The van der Waals surface area contributed by atoms with Crippen LogP contribution in [-0.4, -0.2) is 25.6 Å². The Hall–Kier alpha value is -2.04. The molecule has 0 aromatic heterocycles. The van der Waals surface area contributed by atoms with Crippen LogP contribution in [0.1, 0.15) is 12.8 Å². The van der Waals surface area contributed by atoms with E-state index in [1.54, 1.807) is 18.2 Å². The largest absolute Gasteiger partial charge is 0.495 e. The van der Waals surface area contributed by atoms with Gasteiger partial charge < -0.3 is 10.1 Å². The number of nitrogens with zero attached hydrogens (tertiary/aromatic N) is 1. The predicted molar refractivity (Wildman–Crippen MR) is 65.5 cm³/mol. The van der Waals surface area contributed by atoms with Crippen LogP contribution in [0.25, 0.3) is 0 Å². The molecule has 1 aromatic carbocycles. The number of imide groups is 1. The van der Waals surface area contributed by atoms with Gasteiger partial charge in [0.05, 0.1) is 18.2 Å². The first kappa shape index (κ1) is 11.1. The molecule has 0 atom stereocenters. The van der Waals surface area contributed by atoms with Gasteiger partial charge in [0.25, 0.3) is 0 Å². The number of urea groups is 1. The molecule has 5 nitrogen and oxygen atoms in total. The Labute approximate surface area is 105 Å². The van der Waals surface area contributed by atoms with E-state index in [1.807, 2.05) is 6.07 Å². The zero-order valence-corrected chi connectivity index (χ0v) is 10.1. The van der Waals surface area contributed by atoms with E-state index in [1.165, 1.54) is 12.0 Å². The fourth-order valence-electron chi connectivity index (χ4n) is 2.30. The third-order valence-corrected chi connectivity index (χ3v) is 3.62. The molecule has 0 bridgehead atoms. The molecule has 2 aliphatic rings. The van der Waals surface area contributed by atoms with Gasteiger partial charge in [-0.05, 0) is 25.0 Å².